The molecule has 0 atom stereocenters. The summed E-state index contributed by atoms with van der Waals surface area (Å²) in [7, 11) is 0. The highest BCUT2D eigenvalue weighted by molar-refractivity contribution is 5.71. The fourth-order valence-electron chi connectivity index (χ4n) is 2.81. The zero-order valence-electron chi connectivity index (χ0n) is 15.3. The third-order valence-electron chi connectivity index (χ3n) is 3.92. The van der Waals surface area contributed by atoms with Crippen molar-refractivity contribution >= 4 is 11.2 Å². The number of imidazole rings is 1. The van der Waals surface area contributed by atoms with Gasteiger partial charge in [0.2, 0.25) is 0 Å². The summed E-state index contributed by atoms with van der Waals surface area (Å²) < 4.78 is 21.2. The van der Waals surface area contributed by atoms with Gasteiger partial charge in [-0.05, 0) is 38.5 Å². The van der Waals surface area contributed by atoms with Crippen molar-refractivity contribution < 1.29 is 14.2 Å². The Morgan fingerprint density at radius 1 is 1.22 bits per heavy atom. The van der Waals surface area contributed by atoms with Gasteiger partial charge in [-0.2, -0.15) is 4.98 Å². The van der Waals surface area contributed by atoms with E-state index in [-0.39, 0.29) is 36.1 Å². The maximum atomic E-state index is 13.2. The van der Waals surface area contributed by atoms with Crippen molar-refractivity contribution in [2.45, 2.75) is 39.5 Å². The third-order valence-corrected chi connectivity index (χ3v) is 3.92. The molecule has 3 aromatic rings. The van der Waals surface area contributed by atoms with Crippen molar-refractivity contribution in [1.29, 1.82) is 0 Å². The summed E-state index contributed by atoms with van der Waals surface area (Å²) in [4.78, 5) is 32.0. The van der Waals surface area contributed by atoms with Gasteiger partial charge < -0.3 is 9.84 Å². The molecule has 9 heteroatoms. The number of aromatic nitrogens is 4. The number of hydrogen-bond donors (Lipinski definition) is 2. The number of aromatic amines is 1. The Kier molecular flexibility index (Phi) is 4.88. The van der Waals surface area contributed by atoms with E-state index in [9.17, 15) is 19.1 Å². The Balaban J connectivity index is 2.21. The second-order valence-electron chi connectivity index (χ2n) is 6.87. The first kappa shape index (κ1) is 18.8. The monoisotopic (exact) mass is 376 g/mol. The molecule has 0 amide bonds. The predicted molar refractivity (Wildman–Crippen MR) is 97.6 cm³/mol. The van der Waals surface area contributed by atoms with Gasteiger partial charge in [0, 0.05) is 0 Å². The summed E-state index contributed by atoms with van der Waals surface area (Å²) in [5.41, 5.74) is -1.53. The van der Waals surface area contributed by atoms with Gasteiger partial charge in [0.25, 0.3) is 11.6 Å². The molecule has 2 aromatic heterocycles. The van der Waals surface area contributed by atoms with Gasteiger partial charge >= 0.3 is 5.69 Å². The molecule has 0 bridgehead atoms. The number of aliphatic hydroxyl groups is 1. The molecule has 0 saturated heterocycles. The molecule has 0 aliphatic rings. The number of rotatable bonds is 6. The summed E-state index contributed by atoms with van der Waals surface area (Å²) in [6, 6.07) is 6.01. The van der Waals surface area contributed by atoms with E-state index in [1.165, 1.54) is 30.5 Å². The third kappa shape index (κ3) is 3.92. The van der Waals surface area contributed by atoms with Gasteiger partial charge in [-0.3, -0.25) is 18.9 Å². The largest absolute Gasteiger partial charge is 0.465 e. The molecular weight excluding hydrogens is 355 g/mol. The minimum atomic E-state index is -1.25. The molecule has 27 heavy (non-hydrogen) atoms. The normalized spacial score (nSPS) is 11.9. The maximum absolute atomic E-state index is 13.2. The Hall–Kier alpha value is -2.94. The summed E-state index contributed by atoms with van der Waals surface area (Å²) in [5, 5.41) is 10.0. The number of hydrogen-bond acceptors (Lipinski definition) is 5. The van der Waals surface area contributed by atoms with Crippen molar-refractivity contribution in [3.8, 4) is 6.01 Å². The highest BCUT2D eigenvalue weighted by Crippen LogP contribution is 2.19. The van der Waals surface area contributed by atoms with Crippen LogP contribution < -0.4 is 16.0 Å². The van der Waals surface area contributed by atoms with Gasteiger partial charge in [-0.15, -0.1) is 0 Å². The Labute approximate surface area is 153 Å². The smallest absolute Gasteiger partial charge is 0.330 e. The van der Waals surface area contributed by atoms with Crippen molar-refractivity contribution in [3.05, 3.63) is 56.5 Å². The maximum Gasteiger partial charge on any atom is 0.330 e. The molecule has 0 spiro atoms. The zero-order chi connectivity index (χ0) is 19.8. The lowest BCUT2D eigenvalue weighted by Crippen LogP contribution is -2.42. The van der Waals surface area contributed by atoms with Gasteiger partial charge in [0.15, 0.2) is 11.2 Å². The average Bonchev–Trinajstić information content (AvgIpc) is 2.90. The van der Waals surface area contributed by atoms with Crippen LogP contribution in [0.5, 0.6) is 6.01 Å². The lowest BCUT2D eigenvalue weighted by Gasteiger charge is -2.17. The first-order valence-electron chi connectivity index (χ1n) is 8.52. The number of halogens is 1. The number of H-pyrrole nitrogens is 1. The van der Waals surface area contributed by atoms with E-state index in [0.717, 1.165) is 10.1 Å². The molecule has 0 fully saturated rings. The lowest BCUT2D eigenvalue weighted by atomic mass is 10.1. The van der Waals surface area contributed by atoms with Crippen molar-refractivity contribution in [3.63, 3.8) is 0 Å². The van der Waals surface area contributed by atoms with Gasteiger partial charge in [0.05, 0.1) is 25.3 Å². The fourth-order valence-corrected chi connectivity index (χ4v) is 2.81. The molecule has 8 nitrogen and oxygen atoms in total. The number of fused-ring (bicyclic) bond motifs is 1. The Morgan fingerprint density at radius 3 is 2.48 bits per heavy atom. The number of ether oxygens (including phenoxy) is 1. The molecular formula is C18H21FN4O4. The van der Waals surface area contributed by atoms with Gasteiger partial charge in [-0.25, -0.2) is 9.18 Å². The molecule has 3 rings (SSSR count). The van der Waals surface area contributed by atoms with Gasteiger partial charge in [-0.1, -0.05) is 12.1 Å². The van der Waals surface area contributed by atoms with Crippen LogP contribution in [0.2, 0.25) is 0 Å². The van der Waals surface area contributed by atoms with Crippen molar-refractivity contribution in [2.75, 3.05) is 6.61 Å². The van der Waals surface area contributed by atoms with E-state index in [4.69, 9.17) is 4.74 Å². The SMILES string of the molecule is CCOc1nc2[nH]c(=O)n(CC(C)(C)O)c(=O)c2n1Cc1ccc(F)cc1. The van der Waals surface area contributed by atoms with Crippen molar-refractivity contribution in [1.82, 2.24) is 19.1 Å². The second kappa shape index (κ2) is 6.99. The first-order chi connectivity index (χ1) is 12.7. The fraction of sp³-hybridized carbons (Fsp3) is 0.389. The second-order valence-corrected chi connectivity index (χ2v) is 6.87. The van der Waals surface area contributed by atoms with Crippen LogP contribution in [0.3, 0.4) is 0 Å². The molecule has 2 N–H and O–H groups in total. The zero-order valence-corrected chi connectivity index (χ0v) is 15.3. The van der Waals surface area contributed by atoms with E-state index < -0.39 is 16.9 Å². The molecule has 0 aliphatic heterocycles. The van der Waals surface area contributed by atoms with Crippen LogP contribution in [0.15, 0.2) is 33.9 Å². The highest BCUT2D eigenvalue weighted by Gasteiger charge is 2.22. The number of nitrogens with one attached hydrogen (secondary N) is 1. The van der Waals surface area contributed by atoms with Gasteiger partial charge in [0.1, 0.15) is 5.82 Å². The Bertz CT molecular complexity index is 1070. The Morgan fingerprint density at radius 2 is 1.89 bits per heavy atom. The van der Waals surface area contributed by atoms with Crippen LogP contribution in [0, 0.1) is 5.82 Å². The quantitative estimate of drug-likeness (QED) is 0.674. The van der Waals surface area contributed by atoms with E-state index in [2.05, 4.69) is 9.97 Å². The van der Waals surface area contributed by atoms with Crippen LogP contribution >= 0.6 is 0 Å². The topological polar surface area (TPSA) is 102 Å². The summed E-state index contributed by atoms with van der Waals surface area (Å²) in [6.07, 6.45) is 0. The summed E-state index contributed by atoms with van der Waals surface area (Å²) in [6.45, 7) is 5.12. The molecule has 1 aromatic carbocycles. The predicted octanol–water partition coefficient (Wildman–Crippen LogP) is 1.24. The van der Waals surface area contributed by atoms with E-state index in [0.29, 0.717) is 6.61 Å². The first-order valence-corrected chi connectivity index (χ1v) is 8.52. The molecule has 0 radical (unpaired) electrons. The molecule has 0 saturated carbocycles. The number of benzene rings is 1. The van der Waals surface area contributed by atoms with Crippen LogP contribution in [-0.4, -0.2) is 36.4 Å². The minimum absolute atomic E-state index is 0.0996. The lowest BCUT2D eigenvalue weighted by molar-refractivity contribution is 0.0592. The van der Waals surface area contributed by atoms with Crippen LogP contribution in [0.25, 0.3) is 11.2 Å². The summed E-state index contributed by atoms with van der Waals surface area (Å²) in [5.74, 6) is -0.365. The molecule has 2 heterocycles. The van der Waals surface area contributed by atoms with Crippen LogP contribution in [0.4, 0.5) is 4.39 Å². The molecule has 0 aliphatic carbocycles. The van der Waals surface area contributed by atoms with Crippen LogP contribution in [-0.2, 0) is 13.1 Å². The summed E-state index contributed by atoms with van der Waals surface area (Å²) >= 11 is 0. The van der Waals surface area contributed by atoms with Crippen molar-refractivity contribution in [2.24, 2.45) is 0 Å². The van der Waals surface area contributed by atoms with E-state index in [1.807, 2.05) is 0 Å². The highest BCUT2D eigenvalue weighted by atomic mass is 19.1. The van der Waals surface area contributed by atoms with E-state index >= 15 is 0 Å². The minimum Gasteiger partial charge on any atom is -0.465 e. The molecule has 0 unspecified atom stereocenters. The van der Waals surface area contributed by atoms with E-state index in [1.54, 1.807) is 19.1 Å². The standard InChI is InChI=1S/C18H21FN4O4/c1-4-27-17-21-14-13(22(17)9-11-5-7-12(19)8-6-11)15(24)23(16(25)20-14)10-18(2,3)26/h5-8,26H,4,9-10H2,1-3H3,(H,20,25). The average molecular weight is 376 g/mol. The van der Waals surface area contributed by atoms with Crippen LogP contribution in [0.1, 0.15) is 26.3 Å². The molecule has 144 valence electrons. The number of nitrogens with zero attached hydrogens (tertiary/aromatic N) is 3.